The Bertz CT molecular complexity index is 828. The highest BCUT2D eigenvalue weighted by molar-refractivity contribution is 6.02. The molecule has 1 saturated heterocycles. The van der Waals surface area contributed by atoms with Crippen LogP contribution in [0, 0.1) is 0 Å². The van der Waals surface area contributed by atoms with Crippen LogP contribution >= 0.6 is 0 Å². The van der Waals surface area contributed by atoms with E-state index in [2.05, 4.69) is 44.7 Å². The number of carbonyl (C=O) groups excluding carboxylic acids is 1. The fourth-order valence-corrected chi connectivity index (χ4v) is 3.21. The number of nitrogens with one attached hydrogen (secondary N) is 1. The first-order chi connectivity index (χ1) is 12.3. The molecule has 25 heavy (non-hydrogen) atoms. The van der Waals surface area contributed by atoms with Crippen LogP contribution in [-0.2, 0) is 6.54 Å². The molecule has 3 heterocycles. The zero-order valence-corrected chi connectivity index (χ0v) is 13.7. The van der Waals surface area contributed by atoms with Gasteiger partial charge in [0.15, 0.2) is 5.69 Å². The molecule has 0 radical (unpaired) electrons. The number of hydrogen-bond donors (Lipinski definition) is 1. The second-order valence-corrected chi connectivity index (χ2v) is 6.16. The van der Waals surface area contributed by atoms with Gasteiger partial charge < -0.3 is 9.84 Å². The van der Waals surface area contributed by atoms with E-state index < -0.39 is 0 Å². The largest absolute Gasteiger partial charge is 0.364 e. The predicted octanol–water partition coefficient (Wildman–Crippen LogP) is 2.57. The Morgan fingerprint density at radius 2 is 2.12 bits per heavy atom. The molecule has 1 amide bonds. The summed E-state index contributed by atoms with van der Waals surface area (Å²) in [6.45, 7) is 2.85. The Labute approximate surface area is 145 Å². The van der Waals surface area contributed by atoms with E-state index in [1.807, 2.05) is 10.7 Å². The standard InChI is InChI=1S/C18H19N5O2/c24-18(16-8-11-25-21-16)20-17-6-9-19-23(17)15-7-10-22(13-15)12-14-4-2-1-3-5-14/h1-6,8-9,11,15H,7,10,12-13H2,(H,20,24)/t15-/m1/s1. The van der Waals surface area contributed by atoms with Crippen LogP contribution in [0.2, 0.25) is 0 Å². The van der Waals surface area contributed by atoms with Crippen molar-refractivity contribution in [3.8, 4) is 0 Å². The summed E-state index contributed by atoms with van der Waals surface area (Å²) in [6.07, 6.45) is 4.09. The maximum Gasteiger partial charge on any atom is 0.278 e. The summed E-state index contributed by atoms with van der Waals surface area (Å²) in [4.78, 5) is 14.6. The van der Waals surface area contributed by atoms with Gasteiger partial charge in [-0.05, 0) is 12.0 Å². The molecule has 3 aromatic rings. The number of nitrogens with zero attached hydrogens (tertiary/aromatic N) is 4. The molecule has 0 spiro atoms. The molecule has 1 fully saturated rings. The van der Waals surface area contributed by atoms with Crippen LogP contribution < -0.4 is 5.32 Å². The number of anilines is 1. The molecule has 0 unspecified atom stereocenters. The maximum absolute atomic E-state index is 12.2. The molecule has 0 saturated carbocycles. The van der Waals surface area contributed by atoms with E-state index in [4.69, 9.17) is 4.52 Å². The molecule has 7 nitrogen and oxygen atoms in total. The number of carbonyl (C=O) groups is 1. The van der Waals surface area contributed by atoms with Crippen LogP contribution in [0.4, 0.5) is 5.82 Å². The van der Waals surface area contributed by atoms with Gasteiger partial charge in [0, 0.05) is 31.8 Å². The van der Waals surface area contributed by atoms with Crippen LogP contribution in [0.3, 0.4) is 0 Å². The van der Waals surface area contributed by atoms with Crippen LogP contribution in [0.5, 0.6) is 0 Å². The Hall–Kier alpha value is -2.93. The van der Waals surface area contributed by atoms with E-state index in [0.29, 0.717) is 5.82 Å². The highest BCUT2D eigenvalue weighted by Crippen LogP contribution is 2.26. The Balaban J connectivity index is 1.41. The molecule has 7 heteroatoms. The second kappa shape index (κ2) is 6.90. The van der Waals surface area contributed by atoms with Crippen molar-refractivity contribution in [2.75, 3.05) is 18.4 Å². The fourth-order valence-electron chi connectivity index (χ4n) is 3.21. The molecule has 0 bridgehead atoms. The van der Waals surface area contributed by atoms with Gasteiger partial charge in [-0.25, -0.2) is 4.68 Å². The lowest BCUT2D eigenvalue weighted by Crippen LogP contribution is -2.23. The number of rotatable bonds is 5. The predicted molar refractivity (Wildman–Crippen MR) is 92.1 cm³/mol. The first-order valence-corrected chi connectivity index (χ1v) is 8.31. The molecule has 1 aliphatic heterocycles. The van der Waals surface area contributed by atoms with E-state index in [1.54, 1.807) is 12.3 Å². The lowest BCUT2D eigenvalue weighted by atomic mass is 10.2. The van der Waals surface area contributed by atoms with E-state index >= 15 is 0 Å². The van der Waals surface area contributed by atoms with Gasteiger partial charge in [-0.1, -0.05) is 35.5 Å². The first-order valence-electron chi connectivity index (χ1n) is 8.31. The Morgan fingerprint density at radius 3 is 2.92 bits per heavy atom. The minimum atomic E-state index is -0.297. The molecule has 1 aromatic carbocycles. The van der Waals surface area contributed by atoms with Gasteiger partial charge in [0.2, 0.25) is 0 Å². The van der Waals surface area contributed by atoms with Crippen LogP contribution in [0.1, 0.15) is 28.5 Å². The van der Waals surface area contributed by atoms with Crippen molar-refractivity contribution in [2.45, 2.75) is 19.0 Å². The van der Waals surface area contributed by atoms with Crippen molar-refractivity contribution in [2.24, 2.45) is 0 Å². The Morgan fingerprint density at radius 1 is 1.24 bits per heavy atom. The molecule has 1 N–H and O–H groups in total. The van der Waals surface area contributed by atoms with Gasteiger partial charge in [-0.15, -0.1) is 0 Å². The second-order valence-electron chi connectivity index (χ2n) is 6.16. The molecular weight excluding hydrogens is 318 g/mol. The molecule has 1 aliphatic rings. The minimum Gasteiger partial charge on any atom is -0.364 e. The van der Waals surface area contributed by atoms with Gasteiger partial charge >= 0.3 is 0 Å². The first kappa shape index (κ1) is 15.6. The third-order valence-corrected chi connectivity index (χ3v) is 4.42. The fraction of sp³-hybridized carbons (Fsp3) is 0.278. The maximum atomic E-state index is 12.2. The normalized spacial score (nSPS) is 17.7. The SMILES string of the molecule is O=C(Nc1ccnn1[C@@H]1CCN(Cc2ccccc2)C1)c1ccon1. The van der Waals surface area contributed by atoms with Crippen molar-refractivity contribution >= 4 is 11.7 Å². The summed E-state index contributed by atoms with van der Waals surface area (Å²) in [7, 11) is 0. The van der Waals surface area contributed by atoms with Crippen molar-refractivity contribution in [3.05, 3.63) is 66.2 Å². The lowest BCUT2D eigenvalue weighted by Gasteiger charge is -2.17. The third-order valence-electron chi connectivity index (χ3n) is 4.42. The van der Waals surface area contributed by atoms with Gasteiger partial charge in [0.05, 0.1) is 12.2 Å². The average molecular weight is 337 g/mol. The number of aromatic nitrogens is 3. The summed E-state index contributed by atoms with van der Waals surface area (Å²) in [6, 6.07) is 14.0. The smallest absolute Gasteiger partial charge is 0.278 e. The summed E-state index contributed by atoms with van der Waals surface area (Å²) in [5.74, 6) is 0.384. The van der Waals surface area contributed by atoms with E-state index in [0.717, 1.165) is 26.1 Å². The van der Waals surface area contributed by atoms with E-state index in [1.165, 1.54) is 17.9 Å². The molecule has 2 aromatic heterocycles. The van der Waals surface area contributed by atoms with Crippen molar-refractivity contribution in [3.63, 3.8) is 0 Å². The number of benzene rings is 1. The highest BCUT2D eigenvalue weighted by Gasteiger charge is 2.26. The summed E-state index contributed by atoms with van der Waals surface area (Å²) >= 11 is 0. The van der Waals surface area contributed by atoms with E-state index in [-0.39, 0.29) is 17.6 Å². The van der Waals surface area contributed by atoms with Crippen LogP contribution in [0.15, 0.2) is 59.4 Å². The average Bonchev–Trinajstić information content (AvgIpc) is 3.37. The van der Waals surface area contributed by atoms with E-state index in [9.17, 15) is 4.79 Å². The number of amides is 1. The quantitative estimate of drug-likeness (QED) is 0.774. The topological polar surface area (TPSA) is 76.2 Å². The summed E-state index contributed by atoms with van der Waals surface area (Å²) in [5.41, 5.74) is 1.56. The molecule has 128 valence electrons. The zero-order chi connectivity index (χ0) is 17.1. The molecule has 4 rings (SSSR count). The minimum absolute atomic E-state index is 0.242. The molecule has 0 aliphatic carbocycles. The third kappa shape index (κ3) is 3.46. The van der Waals surface area contributed by atoms with Gasteiger partial charge in [0.25, 0.3) is 5.91 Å². The number of hydrogen-bond acceptors (Lipinski definition) is 5. The van der Waals surface area contributed by atoms with Crippen LogP contribution in [0.25, 0.3) is 0 Å². The highest BCUT2D eigenvalue weighted by atomic mass is 16.5. The Kier molecular flexibility index (Phi) is 4.30. The number of likely N-dealkylation sites (tertiary alicyclic amines) is 1. The van der Waals surface area contributed by atoms with Crippen LogP contribution in [-0.4, -0.2) is 38.8 Å². The molecular formula is C18H19N5O2. The van der Waals surface area contributed by atoms with Gasteiger partial charge in [-0.2, -0.15) is 5.10 Å². The summed E-state index contributed by atoms with van der Waals surface area (Å²) in [5, 5.41) is 10.9. The molecule has 1 atom stereocenters. The van der Waals surface area contributed by atoms with Gasteiger partial charge in [0.1, 0.15) is 12.1 Å². The lowest BCUT2D eigenvalue weighted by molar-refractivity contribution is 0.101. The monoisotopic (exact) mass is 337 g/mol. The zero-order valence-electron chi connectivity index (χ0n) is 13.7. The van der Waals surface area contributed by atoms with Crippen molar-refractivity contribution in [1.29, 1.82) is 0 Å². The van der Waals surface area contributed by atoms with Crippen molar-refractivity contribution in [1.82, 2.24) is 19.8 Å². The summed E-state index contributed by atoms with van der Waals surface area (Å²) < 4.78 is 6.61. The van der Waals surface area contributed by atoms with Gasteiger partial charge in [-0.3, -0.25) is 9.69 Å². The van der Waals surface area contributed by atoms with Crippen molar-refractivity contribution < 1.29 is 9.32 Å².